The summed E-state index contributed by atoms with van der Waals surface area (Å²) in [5, 5.41) is 0. The SMILES string of the molecule is CCCCCCCCCCCCCCC1OCC(OP(=O)(OC)OC)CO1. The molecule has 0 aromatic carbocycles. The maximum absolute atomic E-state index is 11.9. The lowest BCUT2D eigenvalue weighted by atomic mass is 10.0. The molecule has 1 aliphatic rings. The average Bonchev–Trinajstić information content (AvgIpc) is 2.70. The quantitative estimate of drug-likeness (QED) is 0.210. The van der Waals surface area contributed by atoms with Crippen LogP contribution >= 0.6 is 7.82 Å². The zero-order valence-corrected chi connectivity index (χ0v) is 18.6. The summed E-state index contributed by atoms with van der Waals surface area (Å²) in [6, 6.07) is 0. The summed E-state index contributed by atoms with van der Waals surface area (Å²) in [7, 11) is -0.885. The summed E-state index contributed by atoms with van der Waals surface area (Å²) < 4.78 is 38.0. The Hall–Kier alpha value is 0.0300. The Morgan fingerprint density at radius 3 is 1.67 bits per heavy atom. The average molecular weight is 409 g/mol. The molecule has 0 atom stereocenters. The third-order valence-electron chi connectivity index (χ3n) is 4.95. The van der Waals surface area contributed by atoms with E-state index in [4.69, 9.17) is 23.0 Å². The van der Waals surface area contributed by atoms with Gasteiger partial charge in [0, 0.05) is 14.2 Å². The Morgan fingerprint density at radius 1 is 0.778 bits per heavy atom. The van der Waals surface area contributed by atoms with Crippen LogP contribution in [0.25, 0.3) is 0 Å². The zero-order valence-electron chi connectivity index (χ0n) is 17.7. The molecular weight excluding hydrogens is 367 g/mol. The van der Waals surface area contributed by atoms with Crippen molar-refractivity contribution in [2.75, 3.05) is 27.4 Å². The van der Waals surface area contributed by atoms with Crippen molar-refractivity contribution in [3.05, 3.63) is 0 Å². The summed E-state index contributed by atoms with van der Waals surface area (Å²) in [6.45, 7) is 2.96. The Kier molecular flexibility index (Phi) is 14.8. The van der Waals surface area contributed by atoms with Crippen molar-refractivity contribution in [3.8, 4) is 0 Å². The lowest BCUT2D eigenvalue weighted by Gasteiger charge is -2.30. The van der Waals surface area contributed by atoms with Crippen LogP contribution in [0.3, 0.4) is 0 Å². The highest BCUT2D eigenvalue weighted by atomic mass is 31.2. The Balaban J connectivity index is 1.91. The van der Waals surface area contributed by atoms with E-state index in [1.54, 1.807) is 0 Å². The summed E-state index contributed by atoms with van der Waals surface area (Å²) in [4.78, 5) is 0. The first kappa shape index (κ1) is 25.1. The molecule has 0 amide bonds. The van der Waals surface area contributed by atoms with Crippen LogP contribution in [0, 0.1) is 0 Å². The molecule has 0 aromatic rings. The molecule has 162 valence electrons. The smallest absolute Gasteiger partial charge is 0.350 e. The number of phosphoric acid groups is 1. The van der Waals surface area contributed by atoms with Crippen LogP contribution in [0.2, 0.25) is 0 Å². The van der Waals surface area contributed by atoms with Crippen LogP contribution in [0.15, 0.2) is 0 Å². The molecule has 0 saturated carbocycles. The van der Waals surface area contributed by atoms with E-state index < -0.39 is 13.9 Å². The van der Waals surface area contributed by atoms with Gasteiger partial charge in [0.05, 0.1) is 13.2 Å². The Morgan fingerprint density at radius 2 is 1.22 bits per heavy atom. The predicted molar refractivity (Wildman–Crippen MR) is 108 cm³/mol. The highest BCUT2D eigenvalue weighted by Crippen LogP contribution is 2.49. The first-order valence-corrected chi connectivity index (χ1v) is 12.2. The predicted octanol–water partition coefficient (Wildman–Crippen LogP) is 6.24. The van der Waals surface area contributed by atoms with Crippen LogP contribution in [-0.2, 0) is 27.6 Å². The molecule has 1 saturated heterocycles. The van der Waals surface area contributed by atoms with Gasteiger partial charge in [-0.05, 0) is 12.8 Å². The van der Waals surface area contributed by atoms with E-state index in [1.165, 1.54) is 84.8 Å². The third kappa shape index (κ3) is 12.2. The van der Waals surface area contributed by atoms with Gasteiger partial charge in [0.2, 0.25) is 0 Å². The van der Waals surface area contributed by atoms with Crippen LogP contribution in [0.4, 0.5) is 0 Å². The maximum atomic E-state index is 11.9. The first-order chi connectivity index (χ1) is 13.1. The van der Waals surface area contributed by atoms with Crippen molar-refractivity contribution in [1.29, 1.82) is 0 Å². The minimum Gasteiger partial charge on any atom is -0.350 e. The molecule has 0 N–H and O–H groups in total. The van der Waals surface area contributed by atoms with Gasteiger partial charge in [-0.1, -0.05) is 77.6 Å². The van der Waals surface area contributed by atoms with Crippen LogP contribution in [0.5, 0.6) is 0 Å². The van der Waals surface area contributed by atoms with E-state index in [9.17, 15) is 4.57 Å². The highest BCUT2D eigenvalue weighted by molar-refractivity contribution is 7.48. The van der Waals surface area contributed by atoms with E-state index >= 15 is 0 Å². The van der Waals surface area contributed by atoms with Crippen molar-refractivity contribution in [3.63, 3.8) is 0 Å². The number of hydrogen-bond acceptors (Lipinski definition) is 6. The molecule has 1 fully saturated rings. The van der Waals surface area contributed by atoms with Gasteiger partial charge in [-0.25, -0.2) is 4.57 Å². The zero-order chi connectivity index (χ0) is 19.8. The highest BCUT2D eigenvalue weighted by Gasteiger charge is 2.31. The number of phosphoric ester groups is 1. The molecule has 27 heavy (non-hydrogen) atoms. The van der Waals surface area contributed by atoms with Gasteiger partial charge in [0.1, 0.15) is 6.10 Å². The normalized spacial score (nSPS) is 20.9. The van der Waals surface area contributed by atoms with Crippen molar-refractivity contribution in [1.82, 2.24) is 0 Å². The number of rotatable bonds is 17. The second kappa shape index (κ2) is 15.9. The minimum atomic E-state index is -3.48. The number of unbranched alkanes of at least 4 members (excludes halogenated alkanes) is 11. The van der Waals surface area contributed by atoms with Gasteiger partial charge in [0.25, 0.3) is 0 Å². The number of ether oxygens (including phenoxy) is 2. The van der Waals surface area contributed by atoms with E-state index in [-0.39, 0.29) is 6.29 Å². The maximum Gasteiger partial charge on any atom is 0.474 e. The van der Waals surface area contributed by atoms with Crippen LogP contribution in [-0.4, -0.2) is 39.8 Å². The summed E-state index contributed by atoms with van der Waals surface area (Å²) in [5.74, 6) is 0. The fraction of sp³-hybridized carbons (Fsp3) is 1.00. The molecule has 0 unspecified atom stereocenters. The molecule has 1 rings (SSSR count). The van der Waals surface area contributed by atoms with Crippen molar-refractivity contribution >= 4 is 7.82 Å². The van der Waals surface area contributed by atoms with Crippen molar-refractivity contribution in [2.24, 2.45) is 0 Å². The van der Waals surface area contributed by atoms with E-state index in [2.05, 4.69) is 6.92 Å². The lowest BCUT2D eigenvalue weighted by Crippen LogP contribution is -2.37. The van der Waals surface area contributed by atoms with E-state index in [0.717, 1.165) is 12.8 Å². The van der Waals surface area contributed by atoms with Gasteiger partial charge in [-0.3, -0.25) is 13.6 Å². The van der Waals surface area contributed by atoms with Gasteiger partial charge >= 0.3 is 7.82 Å². The van der Waals surface area contributed by atoms with Crippen molar-refractivity contribution < 1.29 is 27.6 Å². The largest absolute Gasteiger partial charge is 0.474 e. The van der Waals surface area contributed by atoms with E-state index in [1.807, 2.05) is 0 Å². The monoisotopic (exact) mass is 408 g/mol. The van der Waals surface area contributed by atoms with Gasteiger partial charge < -0.3 is 9.47 Å². The Bertz CT molecular complexity index is 377. The molecule has 0 radical (unpaired) electrons. The van der Waals surface area contributed by atoms with Gasteiger partial charge in [-0.2, -0.15) is 0 Å². The van der Waals surface area contributed by atoms with Gasteiger partial charge in [-0.15, -0.1) is 0 Å². The number of hydrogen-bond donors (Lipinski definition) is 0. The fourth-order valence-corrected chi connectivity index (χ4v) is 4.06. The Labute approximate surface area is 166 Å². The van der Waals surface area contributed by atoms with Gasteiger partial charge in [0.15, 0.2) is 6.29 Å². The molecule has 0 bridgehead atoms. The second-order valence-electron chi connectivity index (χ2n) is 7.31. The molecule has 7 heteroatoms. The molecular formula is C20H41O6P. The summed E-state index contributed by atoms with van der Waals surface area (Å²) in [6.07, 6.45) is 16.4. The summed E-state index contributed by atoms with van der Waals surface area (Å²) in [5.41, 5.74) is 0. The fourth-order valence-electron chi connectivity index (χ4n) is 3.25. The topological polar surface area (TPSA) is 63.2 Å². The first-order valence-electron chi connectivity index (χ1n) is 10.8. The standard InChI is InChI=1S/C20H41O6P/c1-4-5-6-7-8-9-10-11-12-13-14-15-16-20-24-17-19(18-25-20)26-27(21,22-2)23-3/h19-20H,4-18H2,1-3H3. The molecule has 6 nitrogen and oxygen atoms in total. The molecule has 0 aliphatic carbocycles. The van der Waals surface area contributed by atoms with E-state index in [0.29, 0.717) is 13.2 Å². The van der Waals surface area contributed by atoms with Crippen LogP contribution in [0.1, 0.15) is 90.4 Å². The molecule has 0 aromatic heterocycles. The minimum absolute atomic E-state index is 0.183. The molecule has 1 heterocycles. The molecule has 0 spiro atoms. The third-order valence-corrected chi connectivity index (χ3v) is 6.41. The lowest BCUT2D eigenvalue weighted by molar-refractivity contribution is -0.216. The van der Waals surface area contributed by atoms with Crippen molar-refractivity contribution in [2.45, 2.75) is 103 Å². The second-order valence-corrected chi connectivity index (χ2v) is 9.15. The molecule has 1 aliphatic heterocycles. The summed E-state index contributed by atoms with van der Waals surface area (Å²) >= 11 is 0. The van der Waals surface area contributed by atoms with Crippen LogP contribution < -0.4 is 0 Å².